The Morgan fingerprint density at radius 2 is 2.55 bits per heavy atom. The molecule has 1 rings (SSSR count). The molecule has 3 heteroatoms. The lowest BCUT2D eigenvalue weighted by molar-refractivity contribution is 0.282. The Kier molecular flexibility index (Phi) is 3.23. The second-order valence-corrected chi connectivity index (χ2v) is 3.07. The van der Waals surface area contributed by atoms with E-state index in [4.69, 9.17) is 4.74 Å². The normalized spacial score (nSPS) is 22.2. The predicted molar refractivity (Wildman–Crippen MR) is 50.0 cm³/mol. The molecule has 0 saturated carbocycles. The van der Waals surface area contributed by atoms with Crippen LogP contribution in [0.1, 0.15) is 0 Å². The molecule has 1 aliphatic rings. The van der Waals surface area contributed by atoms with Gasteiger partial charge in [0, 0.05) is 5.75 Å². The monoisotopic (exact) mass is 169 g/mol. The van der Waals surface area contributed by atoms with Crippen molar-refractivity contribution in [2.75, 3.05) is 12.3 Å². The number of ether oxygens (including phenoxy) is 1. The van der Waals surface area contributed by atoms with E-state index in [0.29, 0.717) is 6.54 Å². The molecule has 0 aliphatic carbocycles. The van der Waals surface area contributed by atoms with Crippen molar-refractivity contribution in [1.82, 2.24) is 0 Å². The van der Waals surface area contributed by atoms with Gasteiger partial charge in [-0.2, -0.15) is 0 Å². The standard InChI is InChI=1S/C8H11NOS/c1-3-5-11-8-9-6-7(4-2)10-8/h3-4,7H,1-2,5-6H2. The fraction of sp³-hybridized carbons (Fsp3) is 0.375. The van der Waals surface area contributed by atoms with Crippen molar-refractivity contribution in [3.8, 4) is 0 Å². The molecule has 0 fully saturated rings. The topological polar surface area (TPSA) is 21.6 Å². The van der Waals surface area contributed by atoms with E-state index in [9.17, 15) is 0 Å². The highest BCUT2D eigenvalue weighted by atomic mass is 32.2. The largest absolute Gasteiger partial charge is 0.464 e. The van der Waals surface area contributed by atoms with Gasteiger partial charge in [-0.05, 0) is 6.08 Å². The minimum Gasteiger partial charge on any atom is -0.464 e. The van der Waals surface area contributed by atoms with E-state index in [-0.39, 0.29) is 6.10 Å². The first-order valence-corrected chi connectivity index (χ1v) is 4.42. The molecule has 0 radical (unpaired) electrons. The van der Waals surface area contributed by atoms with Crippen LogP contribution in [-0.4, -0.2) is 23.6 Å². The van der Waals surface area contributed by atoms with Gasteiger partial charge < -0.3 is 4.74 Å². The molecule has 0 aromatic heterocycles. The molecule has 60 valence electrons. The van der Waals surface area contributed by atoms with Gasteiger partial charge in [-0.3, -0.25) is 0 Å². The SMILES string of the molecule is C=CCSC1=NCC(C=C)O1. The van der Waals surface area contributed by atoms with Crippen molar-refractivity contribution in [2.45, 2.75) is 6.10 Å². The summed E-state index contributed by atoms with van der Waals surface area (Å²) in [7, 11) is 0. The average Bonchev–Trinajstić information content (AvgIpc) is 2.48. The maximum absolute atomic E-state index is 5.36. The number of aliphatic imine (C=N–C) groups is 1. The quantitative estimate of drug-likeness (QED) is 0.601. The van der Waals surface area contributed by atoms with Crippen LogP contribution < -0.4 is 0 Å². The summed E-state index contributed by atoms with van der Waals surface area (Å²) in [5.74, 6) is 0.850. The van der Waals surface area contributed by atoms with Gasteiger partial charge in [0.05, 0.1) is 6.54 Å². The molecule has 1 unspecified atom stereocenters. The van der Waals surface area contributed by atoms with Crippen LogP contribution in [0.2, 0.25) is 0 Å². The molecule has 1 atom stereocenters. The fourth-order valence-corrected chi connectivity index (χ4v) is 1.32. The van der Waals surface area contributed by atoms with E-state index in [2.05, 4.69) is 18.2 Å². The van der Waals surface area contributed by atoms with Crippen molar-refractivity contribution in [1.29, 1.82) is 0 Å². The summed E-state index contributed by atoms with van der Waals surface area (Å²) in [5, 5.41) is 0.759. The van der Waals surface area contributed by atoms with E-state index >= 15 is 0 Å². The van der Waals surface area contributed by atoms with Crippen LogP contribution in [0, 0.1) is 0 Å². The van der Waals surface area contributed by atoms with Gasteiger partial charge in [0.25, 0.3) is 0 Å². The second kappa shape index (κ2) is 4.23. The minimum absolute atomic E-state index is 0.0855. The molecule has 0 N–H and O–H groups in total. The molecular formula is C8H11NOS. The third-order valence-electron chi connectivity index (χ3n) is 1.24. The van der Waals surface area contributed by atoms with Crippen molar-refractivity contribution >= 4 is 17.0 Å². The van der Waals surface area contributed by atoms with Crippen LogP contribution in [0.5, 0.6) is 0 Å². The van der Waals surface area contributed by atoms with Crippen LogP contribution in [0.15, 0.2) is 30.3 Å². The van der Waals surface area contributed by atoms with E-state index in [1.54, 1.807) is 17.8 Å². The first-order chi connectivity index (χ1) is 5.36. The van der Waals surface area contributed by atoms with Gasteiger partial charge in [-0.1, -0.05) is 24.4 Å². The van der Waals surface area contributed by atoms with E-state index in [0.717, 1.165) is 11.0 Å². The lowest BCUT2D eigenvalue weighted by Gasteiger charge is -2.03. The molecule has 1 aliphatic heterocycles. The lowest BCUT2D eigenvalue weighted by Crippen LogP contribution is -2.07. The predicted octanol–water partition coefficient (Wildman–Crippen LogP) is 1.85. The summed E-state index contributed by atoms with van der Waals surface area (Å²) in [5.41, 5.74) is 0. The fourth-order valence-electron chi connectivity index (χ4n) is 0.701. The summed E-state index contributed by atoms with van der Waals surface area (Å²) in [6, 6.07) is 0. The van der Waals surface area contributed by atoms with Crippen LogP contribution >= 0.6 is 11.8 Å². The Morgan fingerprint density at radius 1 is 1.73 bits per heavy atom. The average molecular weight is 169 g/mol. The van der Waals surface area contributed by atoms with Gasteiger partial charge in [0.1, 0.15) is 6.10 Å². The Morgan fingerprint density at radius 3 is 3.09 bits per heavy atom. The Labute approximate surface area is 71.0 Å². The number of hydrogen-bond donors (Lipinski definition) is 0. The zero-order chi connectivity index (χ0) is 8.10. The summed E-state index contributed by atoms with van der Waals surface area (Å²) in [6.45, 7) is 7.95. The molecule has 0 aromatic rings. The number of rotatable bonds is 3. The van der Waals surface area contributed by atoms with Gasteiger partial charge in [0.15, 0.2) is 0 Å². The first-order valence-electron chi connectivity index (χ1n) is 3.44. The Bertz CT molecular complexity index is 189. The highest BCUT2D eigenvalue weighted by Gasteiger charge is 2.15. The van der Waals surface area contributed by atoms with Crippen LogP contribution in [0.25, 0.3) is 0 Å². The maximum atomic E-state index is 5.36. The summed E-state index contributed by atoms with van der Waals surface area (Å²) in [4.78, 5) is 4.16. The summed E-state index contributed by atoms with van der Waals surface area (Å²) < 4.78 is 5.36. The zero-order valence-corrected chi connectivity index (χ0v) is 7.14. The second-order valence-electron chi connectivity index (χ2n) is 2.10. The Balaban J connectivity index is 2.27. The summed E-state index contributed by atoms with van der Waals surface area (Å²) in [6.07, 6.45) is 3.69. The van der Waals surface area contributed by atoms with Gasteiger partial charge >= 0.3 is 0 Å². The maximum Gasteiger partial charge on any atom is 0.246 e. The van der Waals surface area contributed by atoms with Crippen molar-refractivity contribution < 1.29 is 4.74 Å². The molecule has 0 aromatic carbocycles. The molecule has 0 saturated heterocycles. The number of nitrogens with zero attached hydrogens (tertiary/aromatic N) is 1. The van der Waals surface area contributed by atoms with Crippen molar-refractivity contribution in [3.05, 3.63) is 25.3 Å². The number of thioether (sulfide) groups is 1. The highest BCUT2D eigenvalue weighted by Crippen LogP contribution is 2.14. The molecule has 11 heavy (non-hydrogen) atoms. The van der Waals surface area contributed by atoms with Crippen LogP contribution in [-0.2, 0) is 4.74 Å². The Hall–Kier alpha value is -0.700. The number of hydrogen-bond acceptors (Lipinski definition) is 3. The molecule has 1 heterocycles. The van der Waals surface area contributed by atoms with Gasteiger partial charge in [0.2, 0.25) is 5.23 Å². The zero-order valence-electron chi connectivity index (χ0n) is 6.32. The smallest absolute Gasteiger partial charge is 0.246 e. The molecule has 2 nitrogen and oxygen atoms in total. The van der Waals surface area contributed by atoms with Crippen LogP contribution in [0.4, 0.5) is 0 Å². The van der Waals surface area contributed by atoms with Crippen molar-refractivity contribution in [2.24, 2.45) is 4.99 Å². The third kappa shape index (κ3) is 2.42. The first kappa shape index (κ1) is 8.40. The van der Waals surface area contributed by atoms with E-state index < -0.39 is 0 Å². The third-order valence-corrected chi connectivity index (χ3v) is 2.11. The van der Waals surface area contributed by atoms with Crippen molar-refractivity contribution in [3.63, 3.8) is 0 Å². The van der Waals surface area contributed by atoms with E-state index in [1.165, 1.54) is 0 Å². The van der Waals surface area contributed by atoms with Gasteiger partial charge in [-0.15, -0.1) is 6.58 Å². The summed E-state index contributed by atoms with van der Waals surface area (Å²) >= 11 is 1.57. The molecular weight excluding hydrogens is 158 g/mol. The van der Waals surface area contributed by atoms with E-state index in [1.807, 2.05) is 6.08 Å². The lowest BCUT2D eigenvalue weighted by atomic mass is 10.4. The molecule has 0 amide bonds. The molecule has 0 bridgehead atoms. The van der Waals surface area contributed by atoms with Gasteiger partial charge in [-0.25, -0.2) is 4.99 Å². The highest BCUT2D eigenvalue weighted by molar-refractivity contribution is 8.13. The molecule has 0 spiro atoms. The van der Waals surface area contributed by atoms with Crippen LogP contribution in [0.3, 0.4) is 0 Å². The minimum atomic E-state index is 0.0855.